The van der Waals surface area contributed by atoms with Gasteiger partial charge in [0, 0.05) is 24.9 Å². The number of nitrogens with zero attached hydrogens (tertiary/aromatic N) is 1. The third kappa shape index (κ3) is 1.67. The van der Waals surface area contributed by atoms with Crippen LogP contribution < -0.4 is 0 Å². The van der Waals surface area contributed by atoms with Crippen LogP contribution in [0, 0.1) is 0 Å². The lowest BCUT2D eigenvalue weighted by atomic mass is 10.2. The van der Waals surface area contributed by atoms with Gasteiger partial charge >= 0.3 is 6.09 Å². The van der Waals surface area contributed by atoms with E-state index in [0.29, 0.717) is 0 Å². The van der Waals surface area contributed by atoms with Crippen molar-refractivity contribution in [1.29, 1.82) is 0 Å². The summed E-state index contributed by atoms with van der Waals surface area (Å²) in [5.74, 6) is 0. The van der Waals surface area contributed by atoms with Crippen molar-refractivity contribution >= 4 is 17.4 Å². The van der Waals surface area contributed by atoms with E-state index in [0.717, 1.165) is 17.8 Å². The molecule has 1 aliphatic heterocycles. The highest BCUT2D eigenvalue weighted by molar-refractivity contribution is 7.10. The van der Waals surface area contributed by atoms with E-state index in [1.54, 1.807) is 23.3 Å². The highest BCUT2D eigenvalue weighted by Gasteiger charge is 2.25. The molecule has 1 saturated heterocycles. The summed E-state index contributed by atoms with van der Waals surface area (Å²) in [6, 6.07) is 3.99. The fourth-order valence-corrected chi connectivity index (χ4v) is 2.14. The highest BCUT2D eigenvalue weighted by Crippen LogP contribution is 2.29. The summed E-state index contributed by atoms with van der Waals surface area (Å²) in [4.78, 5) is 13.9. The first-order valence-electron chi connectivity index (χ1n) is 4.22. The smallest absolute Gasteiger partial charge is 0.410 e. The molecular weight excluding hydrogens is 186 g/mol. The number of carbonyl (C=O) groups excluding carboxylic acids is 1. The molecule has 0 aromatic carbocycles. The van der Waals surface area contributed by atoms with Crippen LogP contribution in [0.25, 0.3) is 0 Å². The maximum atomic E-state index is 11.2. The molecule has 0 saturated carbocycles. The Balaban J connectivity index is 2.08. The number of thiophene rings is 1. The summed E-state index contributed by atoms with van der Waals surface area (Å²) in [5.41, 5.74) is 0. The van der Waals surface area contributed by atoms with E-state index in [9.17, 15) is 4.79 Å². The molecule has 1 atom stereocenters. The van der Waals surface area contributed by atoms with Crippen LogP contribution in [-0.2, 0) is 4.74 Å². The van der Waals surface area contributed by atoms with Gasteiger partial charge in [-0.25, -0.2) is 4.79 Å². The van der Waals surface area contributed by atoms with Gasteiger partial charge in [-0.05, 0) is 11.4 Å². The first kappa shape index (κ1) is 8.56. The summed E-state index contributed by atoms with van der Waals surface area (Å²) in [5, 5.41) is 2.00. The number of cyclic esters (lactones) is 1. The molecule has 2 rings (SSSR count). The van der Waals surface area contributed by atoms with E-state index in [2.05, 4.69) is 0 Å². The van der Waals surface area contributed by atoms with Crippen LogP contribution in [0.5, 0.6) is 0 Å². The Morgan fingerprint density at radius 1 is 1.69 bits per heavy atom. The Bertz CT molecular complexity index is 297. The topological polar surface area (TPSA) is 29.5 Å². The summed E-state index contributed by atoms with van der Waals surface area (Å²) >= 11 is 1.64. The quantitative estimate of drug-likeness (QED) is 0.691. The maximum Gasteiger partial charge on any atom is 0.410 e. The van der Waals surface area contributed by atoms with Gasteiger partial charge in [-0.2, -0.15) is 0 Å². The monoisotopic (exact) mass is 197 g/mol. The van der Waals surface area contributed by atoms with Gasteiger partial charge < -0.3 is 9.64 Å². The first-order valence-corrected chi connectivity index (χ1v) is 5.10. The molecule has 0 bridgehead atoms. The lowest BCUT2D eigenvalue weighted by Gasteiger charge is -2.28. The predicted molar refractivity (Wildman–Crippen MR) is 50.8 cm³/mol. The zero-order valence-electron chi connectivity index (χ0n) is 7.40. The largest absolute Gasteiger partial charge is 0.440 e. The first-order chi connectivity index (χ1) is 6.27. The molecule has 1 unspecified atom stereocenters. The molecule has 0 spiro atoms. The molecule has 1 fully saturated rings. The zero-order chi connectivity index (χ0) is 9.26. The standard InChI is InChI=1S/C9H11NO2S/c1-10-5-4-7(12-9(10)11)8-3-2-6-13-8/h2-3,6-7H,4-5H2,1H3. The lowest BCUT2D eigenvalue weighted by molar-refractivity contribution is 0.0340. The molecule has 4 heteroatoms. The van der Waals surface area contributed by atoms with Crippen molar-refractivity contribution in [2.75, 3.05) is 13.6 Å². The SMILES string of the molecule is CN1CCC(c2cccs2)OC1=O. The van der Waals surface area contributed by atoms with Gasteiger partial charge in [-0.1, -0.05) is 6.07 Å². The number of hydrogen-bond donors (Lipinski definition) is 0. The molecule has 2 heterocycles. The fraction of sp³-hybridized carbons (Fsp3) is 0.444. The second-order valence-electron chi connectivity index (χ2n) is 3.10. The maximum absolute atomic E-state index is 11.2. The van der Waals surface area contributed by atoms with Crippen molar-refractivity contribution in [2.45, 2.75) is 12.5 Å². The van der Waals surface area contributed by atoms with Crippen molar-refractivity contribution in [2.24, 2.45) is 0 Å². The fourth-order valence-electron chi connectivity index (χ4n) is 1.35. The van der Waals surface area contributed by atoms with E-state index >= 15 is 0 Å². The van der Waals surface area contributed by atoms with Crippen molar-refractivity contribution in [3.8, 4) is 0 Å². The zero-order valence-corrected chi connectivity index (χ0v) is 8.21. The molecule has 1 aromatic rings. The highest BCUT2D eigenvalue weighted by atomic mass is 32.1. The van der Waals surface area contributed by atoms with Crippen LogP contribution in [-0.4, -0.2) is 24.6 Å². The Morgan fingerprint density at radius 3 is 3.15 bits per heavy atom. The molecule has 1 aliphatic rings. The van der Waals surface area contributed by atoms with Gasteiger partial charge in [0.05, 0.1) is 0 Å². The van der Waals surface area contributed by atoms with E-state index in [1.165, 1.54) is 0 Å². The number of carbonyl (C=O) groups is 1. The third-order valence-corrected chi connectivity index (χ3v) is 3.11. The molecule has 0 aliphatic carbocycles. The number of amides is 1. The molecule has 1 amide bonds. The summed E-state index contributed by atoms with van der Waals surface area (Å²) in [7, 11) is 1.76. The number of hydrogen-bond acceptors (Lipinski definition) is 3. The van der Waals surface area contributed by atoms with Crippen molar-refractivity contribution in [3.63, 3.8) is 0 Å². The second kappa shape index (κ2) is 3.38. The minimum Gasteiger partial charge on any atom is -0.440 e. The normalized spacial score (nSPS) is 23.0. The van der Waals surface area contributed by atoms with Crippen molar-refractivity contribution in [1.82, 2.24) is 4.90 Å². The Kier molecular flexibility index (Phi) is 2.22. The average molecular weight is 197 g/mol. The molecule has 0 N–H and O–H groups in total. The lowest BCUT2D eigenvalue weighted by Crippen LogP contribution is -2.35. The van der Waals surface area contributed by atoms with Crippen molar-refractivity contribution < 1.29 is 9.53 Å². The molecular formula is C9H11NO2S. The van der Waals surface area contributed by atoms with Gasteiger partial charge in [0.15, 0.2) is 0 Å². The second-order valence-corrected chi connectivity index (χ2v) is 4.08. The molecule has 3 nitrogen and oxygen atoms in total. The van der Waals surface area contributed by atoms with E-state index < -0.39 is 0 Å². The summed E-state index contributed by atoms with van der Waals surface area (Å²) in [6.45, 7) is 0.779. The van der Waals surface area contributed by atoms with Gasteiger partial charge in [0.1, 0.15) is 6.10 Å². The minimum atomic E-state index is -0.218. The molecule has 0 radical (unpaired) electrons. The van der Waals surface area contributed by atoms with Crippen LogP contribution in [0.4, 0.5) is 4.79 Å². The van der Waals surface area contributed by atoms with Gasteiger partial charge in [0.25, 0.3) is 0 Å². The van der Waals surface area contributed by atoms with Crippen LogP contribution in [0.15, 0.2) is 17.5 Å². The van der Waals surface area contributed by atoms with Crippen LogP contribution in [0.1, 0.15) is 17.4 Å². The molecule has 13 heavy (non-hydrogen) atoms. The van der Waals surface area contributed by atoms with E-state index in [4.69, 9.17) is 4.74 Å². The number of ether oxygens (including phenoxy) is 1. The summed E-state index contributed by atoms with van der Waals surface area (Å²) < 4.78 is 5.24. The Morgan fingerprint density at radius 2 is 2.54 bits per heavy atom. The molecule has 1 aromatic heterocycles. The summed E-state index contributed by atoms with van der Waals surface area (Å²) in [6.07, 6.45) is 0.649. The van der Waals surface area contributed by atoms with Gasteiger partial charge in [-0.3, -0.25) is 0 Å². The average Bonchev–Trinajstić information content (AvgIpc) is 2.62. The minimum absolute atomic E-state index is 0.0244. The number of rotatable bonds is 1. The third-order valence-electron chi connectivity index (χ3n) is 2.14. The Labute approximate surface area is 80.9 Å². The van der Waals surface area contributed by atoms with Crippen LogP contribution in [0.2, 0.25) is 0 Å². The van der Waals surface area contributed by atoms with E-state index in [-0.39, 0.29) is 12.2 Å². The van der Waals surface area contributed by atoms with Crippen LogP contribution in [0.3, 0.4) is 0 Å². The van der Waals surface area contributed by atoms with Gasteiger partial charge in [0.2, 0.25) is 0 Å². The predicted octanol–water partition coefficient (Wildman–Crippen LogP) is 2.26. The Hall–Kier alpha value is -1.03. The molecule has 70 valence electrons. The van der Waals surface area contributed by atoms with Crippen LogP contribution >= 0.6 is 11.3 Å². The van der Waals surface area contributed by atoms with Crippen molar-refractivity contribution in [3.05, 3.63) is 22.4 Å². The van der Waals surface area contributed by atoms with Gasteiger partial charge in [-0.15, -0.1) is 11.3 Å². The van der Waals surface area contributed by atoms with E-state index in [1.807, 2.05) is 17.5 Å².